The number of rotatable bonds is 7. The third-order valence-electron chi connectivity index (χ3n) is 7.09. The molecule has 3 heterocycles. The molecule has 1 spiro atoms. The van der Waals surface area contributed by atoms with Crippen LogP contribution < -0.4 is 9.64 Å². The summed E-state index contributed by atoms with van der Waals surface area (Å²) in [7, 11) is 0. The Morgan fingerprint density at radius 2 is 1.95 bits per heavy atom. The van der Waals surface area contributed by atoms with Crippen LogP contribution in [-0.2, 0) is 17.9 Å². The van der Waals surface area contributed by atoms with Gasteiger partial charge in [0, 0.05) is 30.9 Å². The topological polar surface area (TPSA) is 79.1 Å². The van der Waals surface area contributed by atoms with Gasteiger partial charge in [-0.15, -0.1) is 0 Å². The molecule has 0 bridgehead atoms. The van der Waals surface area contributed by atoms with E-state index in [0.717, 1.165) is 11.3 Å². The van der Waals surface area contributed by atoms with Gasteiger partial charge >= 0.3 is 6.03 Å². The molecule has 2 aromatic carbocycles. The standard InChI is InChI=1S/C28H31FN4O4/c1-19(2)36-24-9-4-6-21(14-24)17-31-13-11-28(16-20(31)3)26(34)32(18-25-10-12-30-37-25)27(35)33(28)23-8-5-7-22(29)15-23/h4-10,12,14-15,19-20H,11,13,16-18H2,1-3H3/t20-,28+/m0/s1. The second kappa shape index (κ2) is 9.97. The number of hydrogen-bond donors (Lipinski definition) is 0. The molecule has 0 radical (unpaired) electrons. The number of amides is 3. The van der Waals surface area contributed by atoms with Gasteiger partial charge in [-0.25, -0.2) is 9.18 Å². The van der Waals surface area contributed by atoms with Gasteiger partial charge in [0.25, 0.3) is 5.91 Å². The molecule has 2 aliphatic rings. The molecule has 2 aliphatic heterocycles. The zero-order valence-corrected chi connectivity index (χ0v) is 21.3. The summed E-state index contributed by atoms with van der Waals surface area (Å²) in [6, 6.07) is 15.0. The number of imide groups is 1. The quantitative estimate of drug-likeness (QED) is 0.420. The number of aromatic nitrogens is 1. The number of carbonyl (C=O) groups is 2. The van der Waals surface area contributed by atoms with E-state index in [2.05, 4.69) is 23.0 Å². The zero-order valence-electron chi connectivity index (χ0n) is 21.3. The second-order valence-corrected chi connectivity index (χ2v) is 10.1. The molecule has 37 heavy (non-hydrogen) atoms. The lowest BCUT2D eigenvalue weighted by molar-refractivity contribution is -0.133. The summed E-state index contributed by atoms with van der Waals surface area (Å²) in [4.78, 5) is 32.6. The Hall–Kier alpha value is -3.72. The van der Waals surface area contributed by atoms with Crippen molar-refractivity contribution in [3.8, 4) is 5.75 Å². The number of likely N-dealkylation sites (tertiary alicyclic amines) is 1. The van der Waals surface area contributed by atoms with Crippen molar-refractivity contribution >= 4 is 17.6 Å². The van der Waals surface area contributed by atoms with Crippen LogP contribution in [0.1, 0.15) is 44.9 Å². The molecule has 3 amide bonds. The lowest BCUT2D eigenvalue weighted by Gasteiger charge is -2.45. The van der Waals surface area contributed by atoms with Crippen molar-refractivity contribution in [3.63, 3.8) is 0 Å². The van der Waals surface area contributed by atoms with Gasteiger partial charge in [-0.3, -0.25) is 19.5 Å². The molecule has 0 aliphatic carbocycles. The van der Waals surface area contributed by atoms with Crippen LogP contribution in [0.5, 0.6) is 5.75 Å². The molecule has 5 rings (SSSR count). The lowest BCUT2D eigenvalue weighted by atomic mass is 9.81. The summed E-state index contributed by atoms with van der Waals surface area (Å²) in [6.07, 6.45) is 2.41. The van der Waals surface area contributed by atoms with Gasteiger partial charge in [-0.05, 0) is 69.5 Å². The van der Waals surface area contributed by atoms with Crippen LogP contribution >= 0.6 is 0 Å². The van der Waals surface area contributed by atoms with Gasteiger partial charge in [0.1, 0.15) is 17.1 Å². The van der Waals surface area contributed by atoms with Crippen molar-refractivity contribution in [1.29, 1.82) is 0 Å². The molecule has 0 saturated carbocycles. The van der Waals surface area contributed by atoms with Crippen molar-refractivity contribution in [1.82, 2.24) is 15.0 Å². The van der Waals surface area contributed by atoms with Gasteiger partial charge in [0.15, 0.2) is 5.76 Å². The van der Waals surface area contributed by atoms with Crippen LogP contribution in [0, 0.1) is 5.82 Å². The zero-order chi connectivity index (χ0) is 26.2. The van der Waals surface area contributed by atoms with Crippen molar-refractivity contribution in [2.75, 3.05) is 11.4 Å². The fourth-order valence-electron chi connectivity index (χ4n) is 5.45. The van der Waals surface area contributed by atoms with E-state index in [-0.39, 0.29) is 24.6 Å². The monoisotopic (exact) mass is 506 g/mol. The molecule has 9 heteroatoms. The lowest BCUT2D eigenvalue weighted by Crippen LogP contribution is -2.59. The maximum absolute atomic E-state index is 14.2. The van der Waals surface area contributed by atoms with Crippen LogP contribution in [0.2, 0.25) is 0 Å². The largest absolute Gasteiger partial charge is 0.491 e. The van der Waals surface area contributed by atoms with Gasteiger partial charge in [-0.1, -0.05) is 23.4 Å². The molecule has 194 valence electrons. The number of halogens is 1. The van der Waals surface area contributed by atoms with Crippen LogP contribution in [0.3, 0.4) is 0 Å². The highest BCUT2D eigenvalue weighted by atomic mass is 19.1. The molecule has 3 aromatic rings. The Morgan fingerprint density at radius 1 is 1.14 bits per heavy atom. The number of hydrogen-bond acceptors (Lipinski definition) is 6. The van der Waals surface area contributed by atoms with E-state index in [9.17, 15) is 14.0 Å². The van der Waals surface area contributed by atoms with E-state index in [1.54, 1.807) is 18.2 Å². The van der Waals surface area contributed by atoms with Crippen molar-refractivity contribution in [2.24, 2.45) is 0 Å². The smallest absolute Gasteiger partial charge is 0.332 e. The van der Waals surface area contributed by atoms with Crippen LogP contribution in [0.4, 0.5) is 14.9 Å². The number of ether oxygens (including phenoxy) is 1. The van der Waals surface area contributed by atoms with Crippen molar-refractivity contribution in [3.05, 3.63) is 77.9 Å². The number of carbonyl (C=O) groups excluding carboxylic acids is 2. The molecule has 2 atom stereocenters. The Balaban J connectivity index is 1.42. The molecular formula is C28H31FN4O4. The summed E-state index contributed by atoms with van der Waals surface area (Å²) in [5.41, 5.74) is 0.380. The van der Waals surface area contributed by atoms with E-state index in [4.69, 9.17) is 9.26 Å². The first kappa shape index (κ1) is 25.0. The summed E-state index contributed by atoms with van der Waals surface area (Å²) in [5, 5.41) is 3.69. The maximum Gasteiger partial charge on any atom is 0.332 e. The number of piperidine rings is 1. The number of anilines is 1. The van der Waals surface area contributed by atoms with Crippen molar-refractivity contribution < 1.29 is 23.2 Å². The first-order valence-electron chi connectivity index (χ1n) is 12.6. The average molecular weight is 507 g/mol. The molecule has 0 unspecified atom stereocenters. The third-order valence-corrected chi connectivity index (χ3v) is 7.09. The maximum atomic E-state index is 14.2. The van der Waals surface area contributed by atoms with Gasteiger partial charge in [-0.2, -0.15) is 0 Å². The molecule has 2 saturated heterocycles. The normalized spacial score (nSPS) is 22.5. The predicted octanol–water partition coefficient (Wildman–Crippen LogP) is 4.99. The molecular weight excluding hydrogens is 475 g/mol. The average Bonchev–Trinajstić information content (AvgIpc) is 3.43. The summed E-state index contributed by atoms with van der Waals surface area (Å²) >= 11 is 0. The summed E-state index contributed by atoms with van der Waals surface area (Å²) in [6.45, 7) is 7.32. The molecule has 0 N–H and O–H groups in total. The van der Waals surface area contributed by atoms with E-state index < -0.39 is 17.4 Å². The highest BCUT2D eigenvalue weighted by molar-refractivity contribution is 6.16. The minimum atomic E-state index is -1.11. The van der Waals surface area contributed by atoms with Crippen LogP contribution in [0.15, 0.2) is 65.3 Å². The first-order valence-corrected chi connectivity index (χ1v) is 12.6. The molecule has 8 nitrogen and oxygen atoms in total. The van der Waals surface area contributed by atoms with Gasteiger partial charge in [0.05, 0.1) is 18.8 Å². The van der Waals surface area contributed by atoms with Gasteiger partial charge in [0.2, 0.25) is 0 Å². The Kier molecular flexibility index (Phi) is 6.72. The molecule has 1 aromatic heterocycles. The number of urea groups is 1. The van der Waals surface area contributed by atoms with Gasteiger partial charge < -0.3 is 9.26 Å². The second-order valence-electron chi connectivity index (χ2n) is 10.1. The van der Waals surface area contributed by atoms with E-state index in [1.807, 2.05) is 32.0 Å². The number of nitrogens with zero attached hydrogens (tertiary/aromatic N) is 4. The van der Waals surface area contributed by atoms with Crippen molar-refractivity contribution in [2.45, 2.75) is 64.4 Å². The highest BCUT2D eigenvalue weighted by Crippen LogP contribution is 2.43. The minimum Gasteiger partial charge on any atom is -0.491 e. The SMILES string of the molecule is CC(C)Oc1cccc(CN2CC[C@@]3(C[C@@H]2C)C(=O)N(Cc2ccno2)C(=O)N3c2cccc(F)c2)c1. The van der Waals surface area contributed by atoms with E-state index in [1.165, 1.54) is 28.1 Å². The highest BCUT2D eigenvalue weighted by Gasteiger charge is 2.60. The summed E-state index contributed by atoms with van der Waals surface area (Å²) in [5.74, 6) is 0.477. The van der Waals surface area contributed by atoms with E-state index >= 15 is 0 Å². The fourth-order valence-corrected chi connectivity index (χ4v) is 5.45. The van der Waals surface area contributed by atoms with Crippen LogP contribution in [-0.4, -0.2) is 51.1 Å². The summed E-state index contributed by atoms with van der Waals surface area (Å²) < 4.78 is 25.2. The first-order chi connectivity index (χ1) is 17.8. The number of benzene rings is 2. The Labute approximate surface area is 215 Å². The Bertz CT molecular complexity index is 1280. The Morgan fingerprint density at radius 3 is 2.65 bits per heavy atom. The van der Waals surface area contributed by atoms with E-state index in [0.29, 0.717) is 37.4 Å². The molecule has 2 fully saturated rings. The predicted molar refractivity (Wildman–Crippen MR) is 135 cm³/mol. The van der Waals surface area contributed by atoms with Crippen LogP contribution in [0.25, 0.3) is 0 Å². The third kappa shape index (κ3) is 4.83. The minimum absolute atomic E-state index is 0.0125. The fraction of sp³-hybridized carbons (Fsp3) is 0.393.